The third-order valence-electron chi connectivity index (χ3n) is 3.70. The van der Waals surface area contributed by atoms with Crippen LogP contribution < -0.4 is 15.4 Å². The van der Waals surface area contributed by atoms with Gasteiger partial charge in [0.05, 0.1) is 0 Å². The molecule has 2 N–H and O–H groups in total. The molecule has 21 heavy (non-hydrogen) atoms. The summed E-state index contributed by atoms with van der Waals surface area (Å²) in [4.78, 5) is 11.6. The van der Waals surface area contributed by atoms with Gasteiger partial charge in [-0.1, -0.05) is 13.0 Å². The van der Waals surface area contributed by atoms with Gasteiger partial charge in [0.2, 0.25) is 0 Å². The molecule has 1 aromatic carbocycles. The maximum atomic E-state index is 11.6. The van der Waals surface area contributed by atoms with Crippen LogP contribution in [-0.2, 0) is 11.2 Å². The molecule has 0 aliphatic heterocycles. The third kappa shape index (κ3) is 4.46. The lowest BCUT2D eigenvalue weighted by molar-refractivity contribution is -0.123. The van der Waals surface area contributed by atoms with Gasteiger partial charge < -0.3 is 15.4 Å². The molecule has 116 valence electrons. The molecule has 0 spiro atoms. The molecule has 1 atom stereocenters. The SMILES string of the molecule is CCNC1CCCc2cc(OCC(=O)NC(C)C)ccc21. The predicted octanol–water partition coefficient (Wildman–Crippen LogP) is 2.58. The number of nitrogens with one attached hydrogen (secondary N) is 2. The van der Waals surface area contributed by atoms with E-state index in [9.17, 15) is 4.79 Å². The van der Waals surface area contributed by atoms with Gasteiger partial charge in [0.25, 0.3) is 5.91 Å². The second kappa shape index (κ2) is 7.46. The minimum Gasteiger partial charge on any atom is -0.484 e. The molecule has 1 aliphatic carbocycles. The monoisotopic (exact) mass is 290 g/mol. The average Bonchev–Trinajstić information content (AvgIpc) is 2.45. The van der Waals surface area contributed by atoms with Gasteiger partial charge in [-0.15, -0.1) is 0 Å². The number of carbonyl (C=O) groups excluding carboxylic acids is 1. The summed E-state index contributed by atoms with van der Waals surface area (Å²) in [6.07, 6.45) is 3.48. The Balaban J connectivity index is 1.99. The van der Waals surface area contributed by atoms with Crippen LogP contribution in [0.5, 0.6) is 5.75 Å². The summed E-state index contributed by atoms with van der Waals surface area (Å²) in [7, 11) is 0. The van der Waals surface area contributed by atoms with Crippen LogP contribution in [0.1, 0.15) is 50.8 Å². The fourth-order valence-electron chi connectivity index (χ4n) is 2.85. The summed E-state index contributed by atoms with van der Waals surface area (Å²) >= 11 is 0. The van der Waals surface area contributed by atoms with Crippen LogP contribution in [-0.4, -0.2) is 25.1 Å². The second-order valence-corrected chi connectivity index (χ2v) is 5.87. The summed E-state index contributed by atoms with van der Waals surface area (Å²) in [5.41, 5.74) is 2.72. The molecule has 0 heterocycles. The molecule has 1 aromatic rings. The Morgan fingerprint density at radius 1 is 1.43 bits per heavy atom. The van der Waals surface area contributed by atoms with E-state index in [1.165, 1.54) is 24.0 Å². The van der Waals surface area contributed by atoms with Gasteiger partial charge >= 0.3 is 0 Å². The largest absolute Gasteiger partial charge is 0.484 e. The summed E-state index contributed by atoms with van der Waals surface area (Å²) in [5.74, 6) is 0.707. The maximum absolute atomic E-state index is 11.6. The molecule has 1 amide bonds. The zero-order chi connectivity index (χ0) is 15.2. The van der Waals surface area contributed by atoms with Crippen molar-refractivity contribution in [1.82, 2.24) is 10.6 Å². The van der Waals surface area contributed by atoms with E-state index in [2.05, 4.69) is 29.7 Å². The van der Waals surface area contributed by atoms with E-state index in [1.807, 2.05) is 19.9 Å². The van der Waals surface area contributed by atoms with Gasteiger partial charge in [-0.05, 0) is 62.9 Å². The van der Waals surface area contributed by atoms with Crippen molar-refractivity contribution in [1.29, 1.82) is 0 Å². The van der Waals surface area contributed by atoms with Gasteiger partial charge in [0.15, 0.2) is 6.61 Å². The smallest absolute Gasteiger partial charge is 0.258 e. The van der Waals surface area contributed by atoms with Crippen LogP contribution >= 0.6 is 0 Å². The minimum absolute atomic E-state index is 0.0757. The van der Waals surface area contributed by atoms with Crippen molar-refractivity contribution in [3.8, 4) is 5.75 Å². The topological polar surface area (TPSA) is 50.4 Å². The van der Waals surface area contributed by atoms with Crippen molar-refractivity contribution in [2.75, 3.05) is 13.2 Å². The van der Waals surface area contributed by atoms with Crippen LogP contribution in [0.2, 0.25) is 0 Å². The van der Waals surface area contributed by atoms with Crippen molar-refractivity contribution in [3.05, 3.63) is 29.3 Å². The number of hydrogen-bond donors (Lipinski definition) is 2. The summed E-state index contributed by atoms with van der Waals surface area (Å²) in [6, 6.07) is 6.79. The molecule has 1 unspecified atom stereocenters. The number of rotatable bonds is 6. The first-order chi connectivity index (χ1) is 10.1. The highest BCUT2D eigenvalue weighted by Crippen LogP contribution is 2.32. The van der Waals surface area contributed by atoms with Crippen molar-refractivity contribution >= 4 is 5.91 Å². The van der Waals surface area contributed by atoms with Crippen LogP contribution in [0, 0.1) is 0 Å². The third-order valence-corrected chi connectivity index (χ3v) is 3.70. The molecule has 0 saturated heterocycles. The molecule has 0 radical (unpaired) electrons. The quantitative estimate of drug-likeness (QED) is 0.846. The highest BCUT2D eigenvalue weighted by molar-refractivity contribution is 5.77. The summed E-state index contributed by atoms with van der Waals surface area (Å²) in [5, 5.41) is 6.35. The molecular formula is C17H26N2O2. The second-order valence-electron chi connectivity index (χ2n) is 5.87. The van der Waals surface area contributed by atoms with E-state index in [0.29, 0.717) is 6.04 Å². The average molecular weight is 290 g/mol. The van der Waals surface area contributed by atoms with Gasteiger partial charge in [-0.2, -0.15) is 0 Å². The molecule has 4 heteroatoms. The molecule has 2 rings (SSSR count). The fourth-order valence-corrected chi connectivity index (χ4v) is 2.85. The van der Waals surface area contributed by atoms with E-state index in [4.69, 9.17) is 4.74 Å². The van der Waals surface area contributed by atoms with E-state index in [-0.39, 0.29) is 18.6 Å². The van der Waals surface area contributed by atoms with Gasteiger partial charge in [0, 0.05) is 12.1 Å². The lowest BCUT2D eigenvalue weighted by atomic mass is 9.87. The van der Waals surface area contributed by atoms with Crippen LogP contribution in [0.4, 0.5) is 0 Å². The lowest BCUT2D eigenvalue weighted by Gasteiger charge is -2.26. The zero-order valence-electron chi connectivity index (χ0n) is 13.2. The Labute approximate surface area is 127 Å². The molecular weight excluding hydrogens is 264 g/mol. The zero-order valence-corrected chi connectivity index (χ0v) is 13.2. The molecule has 0 bridgehead atoms. The van der Waals surface area contributed by atoms with Gasteiger partial charge in [0.1, 0.15) is 5.75 Å². The van der Waals surface area contributed by atoms with Crippen molar-refractivity contribution in [2.45, 2.75) is 52.1 Å². The van der Waals surface area contributed by atoms with Crippen molar-refractivity contribution in [3.63, 3.8) is 0 Å². The normalized spacial score (nSPS) is 17.4. The summed E-state index contributed by atoms with van der Waals surface area (Å²) < 4.78 is 5.60. The number of carbonyl (C=O) groups is 1. The minimum atomic E-state index is -0.0757. The lowest BCUT2D eigenvalue weighted by Crippen LogP contribution is -2.34. The van der Waals surface area contributed by atoms with E-state index < -0.39 is 0 Å². The van der Waals surface area contributed by atoms with E-state index in [1.54, 1.807) is 0 Å². The van der Waals surface area contributed by atoms with Crippen LogP contribution in [0.15, 0.2) is 18.2 Å². The highest BCUT2D eigenvalue weighted by Gasteiger charge is 2.19. The van der Waals surface area contributed by atoms with E-state index in [0.717, 1.165) is 18.7 Å². The first-order valence-corrected chi connectivity index (χ1v) is 7.88. The highest BCUT2D eigenvalue weighted by atomic mass is 16.5. The fraction of sp³-hybridized carbons (Fsp3) is 0.588. The molecule has 0 aromatic heterocycles. The first-order valence-electron chi connectivity index (χ1n) is 7.88. The van der Waals surface area contributed by atoms with Crippen molar-refractivity contribution in [2.24, 2.45) is 0 Å². The van der Waals surface area contributed by atoms with E-state index >= 15 is 0 Å². The number of amides is 1. The van der Waals surface area contributed by atoms with Gasteiger partial charge in [-0.25, -0.2) is 0 Å². The Hall–Kier alpha value is -1.55. The van der Waals surface area contributed by atoms with Gasteiger partial charge in [-0.3, -0.25) is 4.79 Å². The number of fused-ring (bicyclic) bond motifs is 1. The molecule has 4 nitrogen and oxygen atoms in total. The number of benzene rings is 1. The summed E-state index contributed by atoms with van der Waals surface area (Å²) in [6.45, 7) is 7.08. The Morgan fingerprint density at radius 2 is 2.24 bits per heavy atom. The Morgan fingerprint density at radius 3 is 2.95 bits per heavy atom. The first kappa shape index (κ1) is 15.8. The number of ether oxygens (including phenoxy) is 1. The van der Waals surface area contributed by atoms with Crippen LogP contribution in [0.25, 0.3) is 0 Å². The molecule has 0 fully saturated rings. The van der Waals surface area contributed by atoms with Crippen molar-refractivity contribution < 1.29 is 9.53 Å². The van der Waals surface area contributed by atoms with Crippen LogP contribution in [0.3, 0.4) is 0 Å². The number of aryl methyl sites for hydroxylation is 1. The molecule has 0 saturated carbocycles. The predicted molar refractivity (Wildman–Crippen MR) is 84.6 cm³/mol. The Kier molecular flexibility index (Phi) is 5.62. The maximum Gasteiger partial charge on any atom is 0.258 e. The standard InChI is InChI=1S/C17H26N2O2/c1-4-18-16-7-5-6-13-10-14(8-9-15(13)16)21-11-17(20)19-12(2)3/h8-10,12,16,18H,4-7,11H2,1-3H3,(H,19,20). The Bertz CT molecular complexity index is 486. The molecule has 1 aliphatic rings. The number of hydrogen-bond acceptors (Lipinski definition) is 3.